The van der Waals surface area contributed by atoms with Crippen molar-refractivity contribution in [2.45, 2.75) is 44.1 Å². The molecular weight excluding hydrogens is 264 g/mol. The summed E-state index contributed by atoms with van der Waals surface area (Å²) in [4.78, 5) is 0. The van der Waals surface area contributed by atoms with E-state index in [0.717, 1.165) is 12.0 Å². The summed E-state index contributed by atoms with van der Waals surface area (Å²) in [6.45, 7) is 1.54. The standard InChI is InChI=1S/C14H20O6/c1-2-8-3-5-9(6-4-8)19-13-12(17)11(16)10(7-15)20-14(13)18/h3-6,10-18H,2,7H2,1H3/t10-,11-,12+,13-,14-/m1/s1. The highest BCUT2D eigenvalue weighted by molar-refractivity contribution is 5.27. The minimum atomic E-state index is -1.42. The lowest BCUT2D eigenvalue weighted by molar-refractivity contribution is -0.280. The Bertz CT molecular complexity index is 420. The van der Waals surface area contributed by atoms with Gasteiger partial charge in [0.25, 0.3) is 0 Å². The van der Waals surface area contributed by atoms with Crippen LogP contribution in [0.15, 0.2) is 24.3 Å². The third-order valence-corrected chi connectivity index (χ3v) is 3.45. The SMILES string of the molecule is CCc1ccc(O[C@@H]2[C@@H](O)[C@H](O)[C@@H](CO)O[C@H]2O)cc1. The van der Waals surface area contributed by atoms with Crippen molar-refractivity contribution in [1.29, 1.82) is 0 Å². The number of hydrogen-bond acceptors (Lipinski definition) is 6. The first-order valence-corrected chi connectivity index (χ1v) is 6.63. The van der Waals surface area contributed by atoms with Crippen molar-refractivity contribution in [3.63, 3.8) is 0 Å². The van der Waals surface area contributed by atoms with Crippen LogP contribution in [0.5, 0.6) is 5.75 Å². The maximum Gasteiger partial charge on any atom is 0.195 e. The molecule has 5 atom stereocenters. The molecule has 6 nitrogen and oxygen atoms in total. The second kappa shape index (κ2) is 6.51. The summed E-state index contributed by atoms with van der Waals surface area (Å²) in [7, 11) is 0. The zero-order valence-electron chi connectivity index (χ0n) is 11.2. The van der Waals surface area contributed by atoms with Gasteiger partial charge in [-0.15, -0.1) is 0 Å². The molecule has 0 radical (unpaired) electrons. The van der Waals surface area contributed by atoms with E-state index in [9.17, 15) is 15.3 Å². The maximum atomic E-state index is 9.95. The number of hydrogen-bond donors (Lipinski definition) is 4. The lowest BCUT2D eigenvalue weighted by Crippen LogP contribution is -2.60. The molecule has 20 heavy (non-hydrogen) atoms. The summed E-state index contributed by atoms with van der Waals surface area (Å²) in [6.07, 6.45) is -5.32. The van der Waals surface area contributed by atoms with Gasteiger partial charge in [0.2, 0.25) is 0 Å². The predicted molar refractivity (Wildman–Crippen MR) is 70.2 cm³/mol. The van der Waals surface area contributed by atoms with Crippen molar-refractivity contribution in [2.75, 3.05) is 6.61 Å². The zero-order valence-corrected chi connectivity index (χ0v) is 11.2. The molecule has 1 aromatic carbocycles. The molecule has 112 valence electrons. The molecule has 0 amide bonds. The molecule has 4 N–H and O–H groups in total. The Balaban J connectivity index is 2.07. The van der Waals surface area contributed by atoms with E-state index in [0.29, 0.717) is 5.75 Å². The van der Waals surface area contributed by atoms with E-state index >= 15 is 0 Å². The van der Waals surface area contributed by atoms with E-state index in [2.05, 4.69) is 0 Å². The second-order valence-corrected chi connectivity index (χ2v) is 4.81. The molecule has 1 saturated heterocycles. The molecule has 0 aliphatic carbocycles. The van der Waals surface area contributed by atoms with Crippen LogP contribution in [0, 0.1) is 0 Å². The van der Waals surface area contributed by atoms with Crippen LogP contribution in [0.2, 0.25) is 0 Å². The van der Waals surface area contributed by atoms with Gasteiger partial charge in [-0.3, -0.25) is 0 Å². The molecule has 0 unspecified atom stereocenters. The summed E-state index contributed by atoms with van der Waals surface area (Å²) >= 11 is 0. The van der Waals surface area contributed by atoms with Gasteiger partial charge in [0.05, 0.1) is 6.61 Å². The number of aliphatic hydroxyl groups is 4. The van der Waals surface area contributed by atoms with Crippen LogP contribution in [0.4, 0.5) is 0 Å². The molecular formula is C14H20O6. The number of rotatable bonds is 4. The maximum absolute atomic E-state index is 9.95. The molecule has 1 aromatic rings. The average molecular weight is 284 g/mol. The van der Waals surface area contributed by atoms with Crippen molar-refractivity contribution in [1.82, 2.24) is 0 Å². The Morgan fingerprint density at radius 1 is 1.10 bits per heavy atom. The molecule has 6 heteroatoms. The topological polar surface area (TPSA) is 99.4 Å². The molecule has 2 rings (SSSR count). The van der Waals surface area contributed by atoms with Crippen molar-refractivity contribution < 1.29 is 29.9 Å². The molecule has 0 spiro atoms. The Hall–Kier alpha value is -1.18. The Morgan fingerprint density at radius 2 is 1.75 bits per heavy atom. The molecule has 1 aliphatic heterocycles. The third kappa shape index (κ3) is 3.11. The fourth-order valence-electron chi connectivity index (χ4n) is 2.16. The van der Waals surface area contributed by atoms with Crippen LogP contribution in [-0.4, -0.2) is 57.7 Å². The molecule has 1 aliphatic rings. The first-order valence-electron chi connectivity index (χ1n) is 6.63. The van der Waals surface area contributed by atoms with Crippen molar-refractivity contribution in [2.24, 2.45) is 0 Å². The molecule has 1 fully saturated rings. The quantitative estimate of drug-likeness (QED) is 0.591. The van der Waals surface area contributed by atoms with Gasteiger partial charge in [-0.05, 0) is 24.1 Å². The minimum Gasteiger partial charge on any atom is -0.482 e. The minimum absolute atomic E-state index is 0.462. The first kappa shape index (κ1) is 15.2. The van der Waals surface area contributed by atoms with Crippen molar-refractivity contribution in [3.8, 4) is 5.75 Å². The highest BCUT2D eigenvalue weighted by Crippen LogP contribution is 2.24. The Morgan fingerprint density at radius 3 is 2.30 bits per heavy atom. The van der Waals surface area contributed by atoms with Gasteiger partial charge in [0.15, 0.2) is 12.4 Å². The van der Waals surface area contributed by atoms with E-state index in [1.807, 2.05) is 19.1 Å². The largest absolute Gasteiger partial charge is 0.482 e. The fourth-order valence-corrected chi connectivity index (χ4v) is 2.16. The lowest BCUT2D eigenvalue weighted by Gasteiger charge is -2.39. The van der Waals surface area contributed by atoms with Gasteiger partial charge in [0, 0.05) is 0 Å². The summed E-state index contributed by atoms with van der Waals surface area (Å²) in [5.74, 6) is 0.462. The molecule has 1 heterocycles. The average Bonchev–Trinajstić information content (AvgIpc) is 2.48. The summed E-state index contributed by atoms with van der Waals surface area (Å²) in [5.41, 5.74) is 1.14. The fraction of sp³-hybridized carbons (Fsp3) is 0.571. The van der Waals surface area contributed by atoms with Gasteiger partial charge in [-0.2, -0.15) is 0 Å². The van der Waals surface area contributed by atoms with Crippen LogP contribution in [0.3, 0.4) is 0 Å². The van der Waals surface area contributed by atoms with Crippen molar-refractivity contribution >= 4 is 0 Å². The first-order chi connectivity index (χ1) is 9.56. The van der Waals surface area contributed by atoms with Gasteiger partial charge >= 0.3 is 0 Å². The second-order valence-electron chi connectivity index (χ2n) is 4.81. The predicted octanol–water partition coefficient (Wildman–Crippen LogP) is -0.572. The van der Waals surface area contributed by atoms with Gasteiger partial charge in [-0.25, -0.2) is 0 Å². The van der Waals surface area contributed by atoms with E-state index in [1.54, 1.807) is 12.1 Å². The van der Waals surface area contributed by atoms with Crippen LogP contribution < -0.4 is 4.74 Å². The van der Waals surface area contributed by atoms with Crippen LogP contribution in [0.25, 0.3) is 0 Å². The third-order valence-electron chi connectivity index (χ3n) is 3.45. The number of aryl methyl sites for hydroxylation is 1. The molecule has 0 aromatic heterocycles. The van der Waals surface area contributed by atoms with E-state index in [1.165, 1.54) is 0 Å². The molecule has 0 bridgehead atoms. The van der Waals surface area contributed by atoms with E-state index in [-0.39, 0.29) is 0 Å². The summed E-state index contributed by atoms with van der Waals surface area (Å²) < 4.78 is 10.5. The van der Waals surface area contributed by atoms with Crippen LogP contribution in [-0.2, 0) is 11.2 Å². The van der Waals surface area contributed by atoms with Gasteiger partial charge in [0.1, 0.15) is 24.1 Å². The summed E-state index contributed by atoms with van der Waals surface area (Å²) in [6, 6.07) is 7.21. The lowest BCUT2D eigenvalue weighted by atomic mass is 9.99. The normalized spacial score (nSPS) is 34.0. The number of aliphatic hydroxyl groups excluding tert-OH is 4. The number of ether oxygens (including phenoxy) is 2. The van der Waals surface area contributed by atoms with E-state index in [4.69, 9.17) is 14.6 Å². The monoisotopic (exact) mass is 284 g/mol. The van der Waals surface area contributed by atoms with Gasteiger partial charge in [-0.1, -0.05) is 19.1 Å². The summed E-state index contributed by atoms with van der Waals surface area (Å²) in [5, 5.41) is 38.5. The van der Waals surface area contributed by atoms with Crippen LogP contribution in [0.1, 0.15) is 12.5 Å². The number of benzene rings is 1. The highest BCUT2D eigenvalue weighted by atomic mass is 16.7. The molecule has 0 saturated carbocycles. The van der Waals surface area contributed by atoms with E-state index < -0.39 is 37.3 Å². The smallest absolute Gasteiger partial charge is 0.195 e. The van der Waals surface area contributed by atoms with Gasteiger partial charge < -0.3 is 29.9 Å². The Labute approximate surface area is 117 Å². The van der Waals surface area contributed by atoms with Crippen molar-refractivity contribution in [3.05, 3.63) is 29.8 Å². The zero-order chi connectivity index (χ0) is 14.7. The Kier molecular flexibility index (Phi) is 4.95. The highest BCUT2D eigenvalue weighted by Gasteiger charge is 2.45. The van der Waals surface area contributed by atoms with Crippen LogP contribution >= 0.6 is 0 Å².